The number of hydrogen-bond acceptors (Lipinski definition) is 6. The first-order valence-corrected chi connectivity index (χ1v) is 10.1. The van der Waals surface area contributed by atoms with Gasteiger partial charge in [-0.05, 0) is 50.2 Å². The molecule has 2 aromatic heterocycles. The van der Waals surface area contributed by atoms with Gasteiger partial charge in [-0.2, -0.15) is 0 Å². The molecule has 158 valence electrons. The SMILES string of the molecule is CCN(CC)C(=O)Oc1ccc2c(-c3cc4cc(Cl)ccc4oc3=O)cc(=O)oc2c1. The minimum Gasteiger partial charge on any atom is -0.423 e. The molecule has 0 atom stereocenters. The molecule has 4 aromatic rings. The predicted octanol–water partition coefficient (Wildman–Crippen LogP) is 5.06. The molecule has 2 aromatic carbocycles. The van der Waals surface area contributed by atoms with E-state index < -0.39 is 17.3 Å². The highest BCUT2D eigenvalue weighted by atomic mass is 35.5. The maximum Gasteiger partial charge on any atom is 0.415 e. The zero-order chi connectivity index (χ0) is 22.1. The third kappa shape index (κ3) is 4.04. The lowest BCUT2D eigenvalue weighted by atomic mass is 10.0. The second kappa shape index (κ2) is 8.28. The number of carbonyl (C=O) groups excluding carboxylic acids is 1. The van der Waals surface area contributed by atoms with Crippen molar-refractivity contribution in [3.8, 4) is 16.9 Å². The lowest BCUT2D eigenvalue weighted by Gasteiger charge is -2.17. The highest BCUT2D eigenvalue weighted by molar-refractivity contribution is 6.31. The Morgan fingerprint density at radius 2 is 1.71 bits per heavy atom. The summed E-state index contributed by atoms with van der Waals surface area (Å²) < 4.78 is 16.1. The highest BCUT2D eigenvalue weighted by Gasteiger charge is 2.16. The Bertz CT molecular complexity index is 1420. The number of hydrogen-bond donors (Lipinski definition) is 0. The highest BCUT2D eigenvalue weighted by Crippen LogP contribution is 2.30. The van der Waals surface area contributed by atoms with E-state index in [0.29, 0.717) is 40.0 Å². The van der Waals surface area contributed by atoms with Gasteiger partial charge in [-0.25, -0.2) is 14.4 Å². The molecule has 0 aliphatic carbocycles. The standard InChI is InChI=1S/C23H18ClNO6/c1-3-25(4-2)23(28)29-15-6-7-16-17(12-21(26)30-20(16)11-15)18-10-13-9-14(24)5-8-19(13)31-22(18)27/h5-12H,3-4H2,1-2H3. The largest absolute Gasteiger partial charge is 0.423 e. The second-order valence-corrected chi connectivity index (χ2v) is 7.24. The first-order valence-electron chi connectivity index (χ1n) is 9.68. The maximum atomic E-state index is 12.6. The van der Waals surface area contributed by atoms with Gasteiger partial charge in [-0.15, -0.1) is 0 Å². The minimum atomic E-state index is -0.652. The van der Waals surface area contributed by atoms with Crippen LogP contribution in [0.3, 0.4) is 0 Å². The first-order chi connectivity index (χ1) is 14.9. The van der Waals surface area contributed by atoms with Crippen molar-refractivity contribution in [3.05, 3.63) is 74.4 Å². The van der Waals surface area contributed by atoms with Crippen molar-refractivity contribution in [2.45, 2.75) is 13.8 Å². The Morgan fingerprint density at radius 1 is 0.935 bits per heavy atom. The van der Waals surface area contributed by atoms with Crippen molar-refractivity contribution in [1.29, 1.82) is 0 Å². The average Bonchev–Trinajstić information content (AvgIpc) is 2.73. The molecule has 4 rings (SSSR count). The van der Waals surface area contributed by atoms with E-state index in [1.54, 1.807) is 36.4 Å². The van der Waals surface area contributed by atoms with E-state index in [1.807, 2.05) is 13.8 Å². The van der Waals surface area contributed by atoms with E-state index in [4.69, 9.17) is 25.2 Å². The number of fused-ring (bicyclic) bond motifs is 2. The number of rotatable bonds is 4. The molecule has 0 saturated heterocycles. The predicted molar refractivity (Wildman–Crippen MR) is 118 cm³/mol. The Hall–Kier alpha value is -3.58. The van der Waals surface area contributed by atoms with Crippen molar-refractivity contribution in [3.63, 3.8) is 0 Å². The molecule has 7 nitrogen and oxygen atoms in total. The molecule has 0 spiro atoms. The minimum absolute atomic E-state index is 0.179. The molecule has 0 aliphatic heterocycles. The van der Waals surface area contributed by atoms with Crippen LogP contribution in [0.25, 0.3) is 33.1 Å². The van der Waals surface area contributed by atoms with Gasteiger partial charge in [0, 0.05) is 46.6 Å². The number of halogens is 1. The number of carbonyl (C=O) groups is 1. The fraction of sp³-hybridized carbons (Fsp3) is 0.174. The van der Waals surface area contributed by atoms with E-state index in [0.717, 1.165) is 0 Å². The maximum absolute atomic E-state index is 12.6. The Kier molecular flexibility index (Phi) is 5.52. The summed E-state index contributed by atoms with van der Waals surface area (Å²) in [7, 11) is 0. The van der Waals surface area contributed by atoms with Crippen LogP contribution in [0.2, 0.25) is 5.02 Å². The third-order valence-electron chi connectivity index (χ3n) is 4.93. The lowest BCUT2D eigenvalue weighted by Crippen LogP contribution is -2.33. The summed E-state index contributed by atoms with van der Waals surface area (Å²) in [5.41, 5.74) is -0.142. The van der Waals surface area contributed by atoms with E-state index in [9.17, 15) is 14.4 Å². The first kappa shape index (κ1) is 20.7. The fourth-order valence-electron chi connectivity index (χ4n) is 3.36. The Morgan fingerprint density at radius 3 is 2.45 bits per heavy atom. The van der Waals surface area contributed by atoms with Gasteiger partial charge in [0.25, 0.3) is 0 Å². The number of benzene rings is 2. The molecule has 2 heterocycles. The second-order valence-electron chi connectivity index (χ2n) is 6.81. The normalized spacial score (nSPS) is 11.1. The summed E-state index contributed by atoms with van der Waals surface area (Å²) in [6.07, 6.45) is -0.505. The summed E-state index contributed by atoms with van der Waals surface area (Å²) in [6.45, 7) is 4.70. The van der Waals surface area contributed by atoms with Crippen LogP contribution < -0.4 is 16.0 Å². The van der Waals surface area contributed by atoms with E-state index >= 15 is 0 Å². The molecule has 0 radical (unpaired) electrons. The zero-order valence-electron chi connectivity index (χ0n) is 16.8. The number of nitrogens with zero attached hydrogens (tertiary/aromatic N) is 1. The van der Waals surface area contributed by atoms with Gasteiger partial charge in [0.05, 0.1) is 5.56 Å². The van der Waals surface area contributed by atoms with Crippen LogP contribution in [0.15, 0.2) is 67.0 Å². The number of ether oxygens (including phenoxy) is 1. The summed E-state index contributed by atoms with van der Waals surface area (Å²) in [6, 6.07) is 12.4. The molecule has 0 aliphatic rings. The van der Waals surface area contributed by atoms with Gasteiger partial charge < -0.3 is 18.5 Å². The van der Waals surface area contributed by atoms with Crippen LogP contribution in [-0.4, -0.2) is 24.1 Å². The van der Waals surface area contributed by atoms with E-state index in [2.05, 4.69) is 0 Å². The van der Waals surface area contributed by atoms with Gasteiger partial charge in [0.1, 0.15) is 16.9 Å². The van der Waals surface area contributed by atoms with Gasteiger partial charge in [-0.1, -0.05) is 11.6 Å². The fourth-order valence-corrected chi connectivity index (χ4v) is 3.54. The monoisotopic (exact) mass is 439 g/mol. The van der Waals surface area contributed by atoms with Gasteiger partial charge in [0.15, 0.2) is 0 Å². The summed E-state index contributed by atoms with van der Waals surface area (Å²) >= 11 is 6.05. The van der Waals surface area contributed by atoms with Crippen molar-refractivity contribution in [2.24, 2.45) is 0 Å². The summed E-state index contributed by atoms with van der Waals surface area (Å²) in [5, 5.41) is 1.61. The Balaban J connectivity index is 1.84. The zero-order valence-corrected chi connectivity index (χ0v) is 17.6. The van der Waals surface area contributed by atoms with Crippen molar-refractivity contribution >= 4 is 39.6 Å². The lowest BCUT2D eigenvalue weighted by molar-refractivity contribution is 0.157. The molecular weight excluding hydrogens is 422 g/mol. The average molecular weight is 440 g/mol. The van der Waals surface area contributed by atoms with Crippen molar-refractivity contribution < 1.29 is 18.4 Å². The molecule has 1 amide bonds. The summed E-state index contributed by atoms with van der Waals surface area (Å²) in [4.78, 5) is 38.6. The molecule has 0 saturated carbocycles. The molecular formula is C23H18ClNO6. The summed E-state index contributed by atoms with van der Waals surface area (Å²) in [5.74, 6) is 0.224. The molecule has 0 N–H and O–H groups in total. The molecule has 8 heteroatoms. The van der Waals surface area contributed by atoms with Crippen molar-refractivity contribution in [1.82, 2.24) is 4.90 Å². The van der Waals surface area contributed by atoms with Crippen molar-refractivity contribution in [2.75, 3.05) is 13.1 Å². The van der Waals surface area contributed by atoms with E-state index in [-0.39, 0.29) is 16.9 Å². The van der Waals surface area contributed by atoms with Gasteiger partial charge >= 0.3 is 17.3 Å². The molecule has 0 fully saturated rings. The van der Waals surface area contributed by atoms with Gasteiger partial charge in [0.2, 0.25) is 0 Å². The number of amides is 1. The van der Waals surface area contributed by atoms with Crippen LogP contribution in [-0.2, 0) is 0 Å². The van der Waals surface area contributed by atoms with Crippen LogP contribution in [0.5, 0.6) is 5.75 Å². The molecule has 31 heavy (non-hydrogen) atoms. The molecule has 0 unspecified atom stereocenters. The van der Waals surface area contributed by atoms with Gasteiger partial charge in [-0.3, -0.25) is 0 Å². The van der Waals surface area contributed by atoms with Crippen LogP contribution in [0, 0.1) is 0 Å². The van der Waals surface area contributed by atoms with Crippen LogP contribution in [0.4, 0.5) is 4.79 Å². The molecule has 0 bridgehead atoms. The van der Waals surface area contributed by atoms with Crippen LogP contribution in [0.1, 0.15) is 13.8 Å². The van der Waals surface area contributed by atoms with Crippen LogP contribution >= 0.6 is 11.6 Å². The smallest absolute Gasteiger partial charge is 0.415 e. The Labute approximate surface area is 181 Å². The topological polar surface area (TPSA) is 90.0 Å². The quantitative estimate of drug-likeness (QED) is 0.413. The van der Waals surface area contributed by atoms with E-state index in [1.165, 1.54) is 17.0 Å². The third-order valence-corrected chi connectivity index (χ3v) is 5.16.